The van der Waals surface area contributed by atoms with Crippen LogP contribution in [-0.2, 0) is 21.2 Å². The van der Waals surface area contributed by atoms with Crippen LogP contribution in [0.5, 0.6) is 0 Å². The number of halogens is 1. The van der Waals surface area contributed by atoms with Crippen molar-refractivity contribution >= 4 is 33.2 Å². The van der Waals surface area contributed by atoms with Gasteiger partial charge in [-0.05, 0) is 36.8 Å². The van der Waals surface area contributed by atoms with Crippen LogP contribution < -0.4 is 16.0 Å². The molecule has 10 heteroatoms. The summed E-state index contributed by atoms with van der Waals surface area (Å²) in [6.45, 7) is 1.54. The average molecular weight is 409 g/mol. The van der Waals surface area contributed by atoms with Crippen LogP contribution in [0.25, 0.3) is 0 Å². The molecular weight excluding hydrogens is 389 g/mol. The number of anilines is 2. The number of nitrogens with one attached hydrogen (secondary N) is 3. The predicted molar refractivity (Wildman–Crippen MR) is 103 cm³/mol. The van der Waals surface area contributed by atoms with Gasteiger partial charge in [-0.25, -0.2) is 17.6 Å². The normalized spacial score (nSPS) is 12.1. The Morgan fingerprint density at radius 2 is 1.79 bits per heavy atom. The van der Waals surface area contributed by atoms with Gasteiger partial charge in [0.05, 0.1) is 16.3 Å². The highest BCUT2D eigenvalue weighted by atomic mass is 32.2. The number of carbonyl (C=O) groups is 2. The average Bonchev–Trinajstić information content (AvgIpc) is 2.60. The number of amides is 2. The molecule has 4 N–H and O–H groups in total. The fourth-order valence-corrected chi connectivity index (χ4v) is 3.29. The van der Waals surface area contributed by atoms with Crippen molar-refractivity contribution < 1.29 is 27.5 Å². The highest BCUT2D eigenvalue weighted by Crippen LogP contribution is 2.30. The summed E-state index contributed by atoms with van der Waals surface area (Å²) in [6, 6.07) is 8.94. The lowest BCUT2D eigenvalue weighted by Crippen LogP contribution is -2.40. The third-order valence-electron chi connectivity index (χ3n) is 3.80. The summed E-state index contributed by atoms with van der Waals surface area (Å²) >= 11 is 0. The molecule has 2 aromatic rings. The van der Waals surface area contributed by atoms with Crippen molar-refractivity contribution in [1.82, 2.24) is 5.32 Å². The summed E-state index contributed by atoms with van der Waals surface area (Å²) < 4.78 is 37.3. The molecule has 0 aliphatic rings. The number of para-hydroxylation sites is 1. The van der Waals surface area contributed by atoms with Gasteiger partial charge in [0.1, 0.15) is 11.9 Å². The Balaban J connectivity index is 2.33. The molecule has 1 atom stereocenters. The number of hydrogen-bond acceptors (Lipinski definition) is 5. The Morgan fingerprint density at radius 1 is 1.14 bits per heavy atom. The maximum absolute atomic E-state index is 13.0. The molecule has 0 aromatic heterocycles. The van der Waals surface area contributed by atoms with Gasteiger partial charge in [0.2, 0.25) is 5.91 Å². The monoisotopic (exact) mass is 409 g/mol. The third-order valence-corrected chi connectivity index (χ3v) is 4.94. The fourth-order valence-electron chi connectivity index (χ4n) is 2.41. The number of sulfone groups is 1. The molecule has 2 rings (SSSR count). The van der Waals surface area contributed by atoms with E-state index in [-0.39, 0.29) is 22.8 Å². The van der Waals surface area contributed by atoms with Crippen LogP contribution in [-0.4, -0.2) is 37.8 Å². The van der Waals surface area contributed by atoms with E-state index in [1.54, 1.807) is 12.1 Å². The molecule has 150 valence electrons. The van der Waals surface area contributed by atoms with E-state index < -0.39 is 33.7 Å². The second-order valence-electron chi connectivity index (χ2n) is 6.09. The number of hydrogen-bond donors (Lipinski definition) is 4. The Kier molecular flexibility index (Phi) is 6.57. The van der Waals surface area contributed by atoms with Crippen molar-refractivity contribution in [2.24, 2.45) is 0 Å². The molecule has 0 aliphatic carbocycles. The van der Waals surface area contributed by atoms with Gasteiger partial charge in [-0.2, -0.15) is 0 Å². The molecule has 2 aromatic carbocycles. The lowest BCUT2D eigenvalue weighted by Gasteiger charge is -2.18. The van der Waals surface area contributed by atoms with Crippen LogP contribution in [0.2, 0.25) is 0 Å². The first-order valence-electron chi connectivity index (χ1n) is 8.19. The second kappa shape index (κ2) is 8.70. The van der Waals surface area contributed by atoms with Crippen molar-refractivity contribution in [2.45, 2.75) is 24.4 Å². The van der Waals surface area contributed by atoms with Gasteiger partial charge in [-0.3, -0.25) is 4.79 Å². The smallest absolute Gasteiger partial charge is 0.405 e. The molecular formula is C18H20FN3O5S. The Bertz CT molecular complexity index is 977. The molecule has 0 heterocycles. The molecule has 0 spiro atoms. The van der Waals surface area contributed by atoms with E-state index in [4.69, 9.17) is 5.11 Å². The summed E-state index contributed by atoms with van der Waals surface area (Å²) in [6.07, 6.45) is -0.326. The fraction of sp³-hybridized carbons (Fsp3) is 0.222. The molecule has 0 saturated carbocycles. The summed E-state index contributed by atoms with van der Waals surface area (Å²) in [5.74, 6) is -1.05. The SMILES string of the molecule is CC(NC(=O)O)C(=O)Nc1cccc(S(C)(=O)=O)c1NCc1ccc(F)cc1. The number of carboxylic acid groups (broad SMARTS) is 1. The van der Waals surface area contributed by atoms with Crippen molar-refractivity contribution in [2.75, 3.05) is 16.9 Å². The molecule has 28 heavy (non-hydrogen) atoms. The van der Waals surface area contributed by atoms with Crippen LogP contribution in [0.3, 0.4) is 0 Å². The number of rotatable bonds is 7. The Hall–Kier alpha value is -3.14. The topological polar surface area (TPSA) is 125 Å². The molecule has 2 amide bonds. The van der Waals surface area contributed by atoms with E-state index in [1.165, 1.54) is 37.3 Å². The van der Waals surface area contributed by atoms with Crippen molar-refractivity contribution in [1.29, 1.82) is 0 Å². The molecule has 0 bridgehead atoms. The molecule has 0 radical (unpaired) electrons. The van der Waals surface area contributed by atoms with Crippen LogP contribution in [0.1, 0.15) is 12.5 Å². The maximum Gasteiger partial charge on any atom is 0.405 e. The van der Waals surface area contributed by atoms with Crippen LogP contribution >= 0.6 is 0 Å². The molecule has 8 nitrogen and oxygen atoms in total. The molecule has 0 fully saturated rings. The second-order valence-corrected chi connectivity index (χ2v) is 8.08. The summed E-state index contributed by atoms with van der Waals surface area (Å²) in [5.41, 5.74) is 1.03. The summed E-state index contributed by atoms with van der Waals surface area (Å²) in [4.78, 5) is 22.9. The Labute approximate surface area is 161 Å². The zero-order chi connectivity index (χ0) is 20.9. The maximum atomic E-state index is 13.0. The summed E-state index contributed by atoms with van der Waals surface area (Å²) in [7, 11) is -3.63. The van der Waals surface area contributed by atoms with Gasteiger partial charge < -0.3 is 21.1 Å². The van der Waals surface area contributed by atoms with Gasteiger partial charge in [-0.15, -0.1) is 0 Å². The first-order chi connectivity index (χ1) is 13.1. The number of carbonyl (C=O) groups excluding carboxylic acids is 1. The van der Waals surface area contributed by atoms with E-state index in [2.05, 4.69) is 10.6 Å². The van der Waals surface area contributed by atoms with Crippen LogP contribution in [0, 0.1) is 5.82 Å². The van der Waals surface area contributed by atoms with E-state index in [9.17, 15) is 22.4 Å². The zero-order valence-electron chi connectivity index (χ0n) is 15.2. The van der Waals surface area contributed by atoms with E-state index in [1.807, 2.05) is 5.32 Å². The first kappa shape index (κ1) is 21.2. The predicted octanol–water partition coefficient (Wildman–Crippen LogP) is 2.44. The summed E-state index contributed by atoms with van der Waals surface area (Å²) in [5, 5.41) is 16.2. The van der Waals surface area contributed by atoms with E-state index in [0.717, 1.165) is 6.26 Å². The highest BCUT2D eigenvalue weighted by molar-refractivity contribution is 7.90. The zero-order valence-corrected chi connectivity index (χ0v) is 16.0. The minimum absolute atomic E-state index is 0.0359. The minimum atomic E-state index is -3.63. The van der Waals surface area contributed by atoms with Crippen LogP contribution in [0.4, 0.5) is 20.6 Å². The van der Waals surface area contributed by atoms with Gasteiger partial charge >= 0.3 is 6.09 Å². The standard InChI is InChI=1S/C18H20FN3O5S/c1-11(21-18(24)25)17(23)22-14-4-3-5-15(28(2,26)27)16(14)20-10-12-6-8-13(19)9-7-12/h3-9,11,20-21H,10H2,1-2H3,(H,22,23)(H,24,25). The third kappa shape index (κ3) is 5.68. The molecule has 0 aliphatic heterocycles. The number of benzene rings is 2. The lowest BCUT2D eigenvalue weighted by molar-refractivity contribution is -0.117. The van der Waals surface area contributed by atoms with Gasteiger partial charge in [0.25, 0.3) is 0 Å². The molecule has 1 unspecified atom stereocenters. The van der Waals surface area contributed by atoms with Crippen LogP contribution in [0.15, 0.2) is 47.4 Å². The quantitative estimate of drug-likeness (QED) is 0.557. The van der Waals surface area contributed by atoms with E-state index >= 15 is 0 Å². The van der Waals surface area contributed by atoms with Gasteiger partial charge in [0, 0.05) is 12.8 Å². The van der Waals surface area contributed by atoms with Gasteiger partial charge in [-0.1, -0.05) is 18.2 Å². The lowest BCUT2D eigenvalue weighted by atomic mass is 10.2. The largest absolute Gasteiger partial charge is 0.465 e. The molecule has 0 saturated heterocycles. The van der Waals surface area contributed by atoms with Crippen molar-refractivity contribution in [3.8, 4) is 0 Å². The highest BCUT2D eigenvalue weighted by Gasteiger charge is 2.20. The Morgan fingerprint density at radius 3 is 2.36 bits per heavy atom. The first-order valence-corrected chi connectivity index (χ1v) is 10.1. The van der Waals surface area contributed by atoms with Gasteiger partial charge in [0.15, 0.2) is 9.84 Å². The minimum Gasteiger partial charge on any atom is -0.465 e. The van der Waals surface area contributed by atoms with Crippen molar-refractivity contribution in [3.05, 3.63) is 53.8 Å². The van der Waals surface area contributed by atoms with Crippen molar-refractivity contribution in [3.63, 3.8) is 0 Å². The van der Waals surface area contributed by atoms with E-state index in [0.29, 0.717) is 5.56 Å².